The van der Waals surface area contributed by atoms with Gasteiger partial charge in [-0.2, -0.15) is 26.3 Å². The SMILES string of the molecule is CC(CC(S(=O)(=O)C(F)(F)F)S(=O)(=O)C(F)(F)F)OC(=O)OC12CC3CC(CC(C3)C1)C2. The van der Waals surface area contributed by atoms with E-state index in [4.69, 9.17) is 9.47 Å². The fraction of sp³-hybridized carbons (Fsp3) is 0.941. The lowest BCUT2D eigenvalue weighted by atomic mass is 9.54. The zero-order chi connectivity index (χ0) is 24.3. The minimum atomic E-state index is -6.79. The van der Waals surface area contributed by atoms with Crippen molar-refractivity contribution in [2.75, 3.05) is 0 Å². The van der Waals surface area contributed by atoms with Crippen LogP contribution in [0.1, 0.15) is 51.9 Å². The lowest BCUT2D eigenvalue weighted by molar-refractivity contribution is -0.145. The van der Waals surface area contributed by atoms with Gasteiger partial charge in [0.05, 0.1) is 0 Å². The van der Waals surface area contributed by atoms with Crippen molar-refractivity contribution in [3.05, 3.63) is 0 Å². The van der Waals surface area contributed by atoms with Crippen LogP contribution in [0.25, 0.3) is 0 Å². The fourth-order valence-electron chi connectivity index (χ4n) is 5.56. The molecule has 4 fully saturated rings. The largest absolute Gasteiger partial charge is 0.509 e. The van der Waals surface area contributed by atoms with Crippen molar-refractivity contribution in [1.29, 1.82) is 0 Å². The second kappa shape index (κ2) is 7.91. The van der Waals surface area contributed by atoms with Crippen LogP contribution in [0.3, 0.4) is 0 Å². The number of rotatable bonds is 6. The molecular weight excluding hydrogens is 494 g/mol. The smallest absolute Gasteiger partial charge is 0.431 e. The Morgan fingerprint density at radius 3 is 1.59 bits per heavy atom. The average Bonchev–Trinajstić information content (AvgIpc) is 2.55. The molecule has 15 heteroatoms. The number of hydrogen-bond acceptors (Lipinski definition) is 7. The molecule has 0 saturated heterocycles. The molecule has 1 atom stereocenters. The van der Waals surface area contributed by atoms with Gasteiger partial charge in [0.25, 0.3) is 19.7 Å². The van der Waals surface area contributed by atoms with Gasteiger partial charge in [0.15, 0.2) is 4.58 Å². The topological polar surface area (TPSA) is 104 Å². The molecule has 0 heterocycles. The molecule has 4 saturated carbocycles. The highest BCUT2D eigenvalue weighted by Gasteiger charge is 2.63. The van der Waals surface area contributed by atoms with Crippen LogP contribution in [0.5, 0.6) is 0 Å². The summed E-state index contributed by atoms with van der Waals surface area (Å²) in [6, 6.07) is 0. The summed E-state index contributed by atoms with van der Waals surface area (Å²) in [7, 11) is -13.6. The van der Waals surface area contributed by atoms with Gasteiger partial charge in [-0.1, -0.05) is 0 Å². The zero-order valence-electron chi connectivity index (χ0n) is 16.8. The summed E-state index contributed by atoms with van der Waals surface area (Å²) < 4.78 is 130. The maximum absolute atomic E-state index is 12.9. The molecule has 4 bridgehead atoms. The van der Waals surface area contributed by atoms with Crippen LogP contribution in [-0.4, -0.2) is 50.3 Å². The molecule has 32 heavy (non-hydrogen) atoms. The van der Waals surface area contributed by atoms with E-state index in [-0.39, 0.29) is 0 Å². The standard InChI is InChI=1S/C17H22F6O7S2/c1-9(2-13(31(25,26)16(18,19)20)32(27,28)17(21,22)23)29-14(24)30-15-6-10-3-11(7-15)5-12(4-10)8-15/h9-13H,2-8H2,1H3. The second-order valence-corrected chi connectivity index (χ2v) is 13.6. The minimum absolute atomic E-state index is 0.352. The van der Waals surface area contributed by atoms with E-state index in [2.05, 4.69) is 0 Å². The number of alkyl halides is 6. The fourth-order valence-corrected chi connectivity index (χ4v) is 9.19. The minimum Gasteiger partial charge on any atom is -0.431 e. The molecule has 0 radical (unpaired) electrons. The quantitative estimate of drug-likeness (QED) is 0.387. The highest BCUT2D eigenvalue weighted by atomic mass is 32.3. The van der Waals surface area contributed by atoms with Crippen LogP contribution in [0, 0.1) is 17.8 Å². The molecular formula is C17H22F6O7S2. The number of sulfone groups is 2. The number of ether oxygens (including phenoxy) is 2. The Morgan fingerprint density at radius 2 is 1.25 bits per heavy atom. The molecule has 186 valence electrons. The van der Waals surface area contributed by atoms with Gasteiger partial charge in [-0.3, -0.25) is 0 Å². The normalized spacial score (nSPS) is 31.6. The summed E-state index contributed by atoms with van der Waals surface area (Å²) >= 11 is 0. The monoisotopic (exact) mass is 516 g/mol. The van der Waals surface area contributed by atoms with Crippen molar-refractivity contribution in [3.63, 3.8) is 0 Å². The van der Waals surface area contributed by atoms with Crippen molar-refractivity contribution in [1.82, 2.24) is 0 Å². The summed E-state index contributed by atoms with van der Waals surface area (Å²) in [4.78, 5) is 12.2. The molecule has 0 N–H and O–H groups in total. The Kier molecular flexibility index (Phi) is 6.27. The molecule has 0 amide bonds. The van der Waals surface area contributed by atoms with Crippen molar-refractivity contribution in [2.24, 2.45) is 17.8 Å². The first-order valence-electron chi connectivity index (χ1n) is 9.86. The van der Waals surface area contributed by atoms with E-state index < -0.39 is 59.6 Å². The lowest BCUT2D eigenvalue weighted by Crippen LogP contribution is -2.53. The van der Waals surface area contributed by atoms with Gasteiger partial charge >= 0.3 is 17.2 Å². The first-order chi connectivity index (χ1) is 14.4. The van der Waals surface area contributed by atoms with Crippen LogP contribution in [0.15, 0.2) is 0 Å². The van der Waals surface area contributed by atoms with Crippen LogP contribution >= 0.6 is 0 Å². The first-order valence-corrected chi connectivity index (χ1v) is 13.0. The van der Waals surface area contributed by atoms with Crippen LogP contribution in [0.2, 0.25) is 0 Å². The predicted molar refractivity (Wildman–Crippen MR) is 96.3 cm³/mol. The average molecular weight is 516 g/mol. The summed E-state index contributed by atoms with van der Waals surface area (Å²) in [5, 5.41) is 0. The molecule has 0 spiro atoms. The first kappa shape index (κ1) is 25.4. The van der Waals surface area contributed by atoms with Gasteiger partial charge in [-0.05, 0) is 63.2 Å². The third-order valence-electron chi connectivity index (χ3n) is 6.44. The zero-order valence-corrected chi connectivity index (χ0v) is 18.4. The molecule has 4 aliphatic rings. The maximum Gasteiger partial charge on any atom is 0.509 e. The van der Waals surface area contributed by atoms with Gasteiger partial charge in [0, 0.05) is 6.42 Å². The molecule has 7 nitrogen and oxygen atoms in total. The second-order valence-electron chi connectivity index (χ2n) is 9.03. The van der Waals surface area contributed by atoms with Gasteiger partial charge < -0.3 is 9.47 Å². The Bertz CT molecular complexity index is 876. The third-order valence-corrected chi connectivity index (χ3v) is 11.0. The number of carbonyl (C=O) groups excluding carboxylic acids is 1. The third kappa shape index (κ3) is 4.68. The van der Waals surface area contributed by atoms with Gasteiger partial charge in [0.1, 0.15) is 11.7 Å². The summed E-state index contributed by atoms with van der Waals surface area (Å²) in [5.74, 6) is 1.05. The molecule has 0 aromatic carbocycles. The number of carbonyl (C=O) groups is 1. The van der Waals surface area contributed by atoms with E-state index in [0.29, 0.717) is 37.0 Å². The van der Waals surface area contributed by atoms with Gasteiger partial charge in [-0.25, -0.2) is 21.6 Å². The van der Waals surface area contributed by atoms with Crippen LogP contribution in [-0.2, 0) is 29.1 Å². The van der Waals surface area contributed by atoms with E-state index in [9.17, 15) is 48.0 Å². The van der Waals surface area contributed by atoms with E-state index in [1.807, 2.05) is 0 Å². The van der Waals surface area contributed by atoms with Crippen LogP contribution < -0.4 is 0 Å². The maximum atomic E-state index is 12.9. The molecule has 0 aliphatic heterocycles. The molecule has 4 aliphatic carbocycles. The van der Waals surface area contributed by atoms with Crippen molar-refractivity contribution < 1.29 is 57.4 Å². The molecule has 4 rings (SSSR count). The highest BCUT2D eigenvalue weighted by Crippen LogP contribution is 2.57. The highest BCUT2D eigenvalue weighted by molar-refractivity contribution is 8.09. The predicted octanol–water partition coefficient (Wildman–Crippen LogP) is 4.08. The van der Waals surface area contributed by atoms with E-state index in [0.717, 1.165) is 26.2 Å². The molecule has 1 unspecified atom stereocenters. The summed E-state index contributed by atoms with van der Waals surface area (Å²) in [6.07, 6.45) is -0.370. The van der Waals surface area contributed by atoms with E-state index in [1.165, 1.54) is 0 Å². The Balaban J connectivity index is 1.73. The Morgan fingerprint density at radius 1 is 0.875 bits per heavy atom. The Hall–Kier alpha value is -1.25. The lowest BCUT2D eigenvalue weighted by Gasteiger charge is -2.55. The van der Waals surface area contributed by atoms with E-state index >= 15 is 0 Å². The van der Waals surface area contributed by atoms with Crippen molar-refractivity contribution >= 4 is 25.8 Å². The van der Waals surface area contributed by atoms with Gasteiger partial charge in [0.2, 0.25) is 0 Å². The number of hydrogen-bond donors (Lipinski definition) is 0. The molecule has 0 aromatic heterocycles. The summed E-state index contributed by atoms with van der Waals surface area (Å²) in [6.45, 7) is 0.797. The van der Waals surface area contributed by atoms with Crippen molar-refractivity contribution in [3.8, 4) is 0 Å². The Labute approximate surface area is 180 Å². The molecule has 0 aromatic rings. The van der Waals surface area contributed by atoms with Crippen LogP contribution in [0.4, 0.5) is 31.1 Å². The van der Waals surface area contributed by atoms with Gasteiger partial charge in [-0.15, -0.1) is 0 Å². The number of halogens is 6. The summed E-state index contributed by atoms with van der Waals surface area (Å²) in [5.41, 5.74) is -13.4. The van der Waals surface area contributed by atoms with Crippen molar-refractivity contribution in [2.45, 2.75) is 79.2 Å². The van der Waals surface area contributed by atoms with E-state index in [1.54, 1.807) is 0 Å².